The Kier molecular flexibility index (Phi) is 4.95. The molecule has 96 valence electrons. The highest BCUT2D eigenvalue weighted by molar-refractivity contribution is 8.00. The number of amides is 1. The lowest BCUT2D eigenvalue weighted by Gasteiger charge is -2.04. The lowest BCUT2D eigenvalue weighted by atomic mass is 10.3. The van der Waals surface area contributed by atoms with E-state index < -0.39 is 0 Å². The zero-order chi connectivity index (χ0) is 12.8. The normalized spacial score (nSPS) is 10.7. The van der Waals surface area contributed by atoms with E-state index in [1.165, 1.54) is 11.8 Å². The van der Waals surface area contributed by atoms with E-state index in [0.29, 0.717) is 5.75 Å². The Balaban J connectivity index is 1.90. The first kappa shape index (κ1) is 13.3. The lowest BCUT2D eigenvalue weighted by Crippen LogP contribution is -2.26. The molecule has 0 atom stereocenters. The van der Waals surface area contributed by atoms with E-state index >= 15 is 0 Å². The van der Waals surface area contributed by atoms with Crippen LogP contribution in [0.5, 0.6) is 0 Å². The Morgan fingerprint density at radius 2 is 2.39 bits per heavy atom. The molecule has 2 aromatic heterocycles. The van der Waals surface area contributed by atoms with Gasteiger partial charge in [0.05, 0.1) is 16.0 Å². The molecule has 2 heterocycles. The Morgan fingerprint density at radius 1 is 1.50 bits per heavy atom. The Labute approximate surface area is 114 Å². The van der Waals surface area contributed by atoms with Gasteiger partial charge in [-0.25, -0.2) is 9.97 Å². The van der Waals surface area contributed by atoms with E-state index in [0.717, 1.165) is 34.6 Å². The average molecular weight is 281 g/mol. The minimum absolute atomic E-state index is 0.0665. The third kappa shape index (κ3) is 3.43. The summed E-state index contributed by atoms with van der Waals surface area (Å²) in [4.78, 5) is 20.0. The summed E-state index contributed by atoms with van der Waals surface area (Å²) in [5, 5.41) is 5.78. The van der Waals surface area contributed by atoms with Crippen molar-refractivity contribution in [2.45, 2.75) is 24.8 Å². The molecule has 2 aromatic rings. The SMILES string of the molecule is CCCCNC(=O)CSc1ncnc2ccsc12. The Bertz CT molecular complexity index is 527. The highest BCUT2D eigenvalue weighted by Crippen LogP contribution is 2.28. The predicted molar refractivity (Wildman–Crippen MR) is 76.1 cm³/mol. The van der Waals surface area contributed by atoms with E-state index in [2.05, 4.69) is 22.2 Å². The van der Waals surface area contributed by atoms with Crippen LogP contribution >= 0.6 is 23.1 Å². The number of fused-ring (bicyclic) bond motifs is 1. The summed E-state index contributed by atoms with van der Waals surface area (Å²) in [5.41, 5.74) is 0.948. The van der Waals surface area contributed by atoms with Crippen LogP contribution in [0.2, 0.25) is 0 Å². The summed E-state index contributed by atoms with van der Waals surface area (Å²) < 4.78 is 1.06. The first-order chi connectivity index (χ1) is 8.81. The molecule has 0 unspecified atom stereocenters. The van der Waals surface area contributed by atoms with Crippen molar-refractivity contribution in [2.24, 2.45) is 0 Å². The molecule has 2 rings (SSSR count). The molecule has 0 aliphatic carbocycles. The fourth-order valence-corrected chi connectivity index (χ4v) is 3.24. The summed E-state index contributed by atoms with van der Waals surface area (Å²) >= 11 is 3.08. The van der Waals surface area contributed by atoms with Crippen LogP contribution in [0.3, 0.4) is 0 Å². The zero-order valence-corrected chi connectivity index (χ0v) is 11.8. The van der Waals surface area contributed by atoms with Crippen molar-refractivity contribution in [2.75, 3.05) is 12.3 Å². The largest absolute Gasteiger partial charge is 0.355 e. The van der Waals surface area contributed by atoms with Crippen molar-refractivity contribution in [3.05, 3.63) is 17.8 Å². The molecule has 0 saturated carbocycles. The Hall–Kier alpha value is -1.14. The standard InChI is InChI=1S/C12H15N3OS2/c1-2-3-5-13-10(16)7-18-12-11-9(4-6-17-11)14-8-15-12/h4,6,8H,2-3,5,7H2,1H3,(H,13,16). The third-order valence-electron chi connectivity index (χ3n) is 2.40. The quantitative estimate of drug-likeness (QED) is 0.502. The second-order valence-electron chi connectivity index (χ2n) is 3.81. The summed E-state index contributed by atoms with van der Waals surface area (Å²) in [6, 6.07) is 1.97. The summed E-state index contributed by atoms with van der Waals surface area (Å²) in [6.45, 7) is 2.86. The molecule has 0 aliphatic heterocycles. The summed E-state index contributed by atoms with van der Waals surface area (Å²) in [5.74, 6) is 0.477. The maximum Gasteiger partial charge on any atom is 0.230 e. The van der Waals surface area contributed by atoms with Crippen molar-refractivity contribution in [3.63, 3.8) is 0 Å². The van der Waals surface area contributed by atoms with E-state index in [9.17, 15) is 4.79 Å². The molecule has 0 radical (unpaired) electrons. The number of nitrogens with one attached hydrogen (secondary N) is 1. The van der Waals surface area contributed by atoms with E-state index in [1.807, 2.05) is 11.4 Å². The smallest absolute Gasteiger partial charge is 0.230 e. The van der Waals surface area contributed by atoms with Crippen LogP contribution in [0.1, 0.15) is 19.8 Å². The molecule has 0 aliphatic rings. The van der Waals surface area contributed by atoms with Crippen molar-refractivity contribution in [1.29, 1.82) is 0 Å². The van der Waals surface area contributed by atoms with Crippen LogP contribution in [-0.4, -0.2) is 28.2 Å². The van der Waals surface area contributed by atoms with Gasteiger partial charge >= 0.3 is 0 Å². The van der Waals surface area contributed by atoms with E-state index in [4.69, 9.17) is 0 Å². The van der Waals surface area contributed by atoms with E-state index in [1.54, 1.807) is 17.7 Å². The van der Waals surface area contributed by atoms with Crippen LogP contribution in [-0.2, 0) is 4.79 Å². The molecule has 0 bridgehead atoms. The highest BCUT2D eigenvalue weighted by atomic mass is 32.2. The van der Waals surface area contributed by atoms with Crippen molar-refractivity contribution < 1.29 is 4.79 Å². The number of hydrogen-bond acceptors (Lipinski definition) is 5. The molecular weight excluding hydrogens is 266 g/mol. The summed E-state index contributed by atoms with van der Waals surface area (Å²) in [6.07, 6.45) is 3.67. The fraction of sp³-hybridized carbons (Fsp3) is 0.417. The molecule has 6 heteroatoms. The number of rotatable bonds is 6. The van der Waals surface area contributed by atoms with Crippen LogP contribution in [0.15, 0.2) is 22.8 Å². The second-order valence-corrected chi connectivity index (χ2v) is 5.69. The first-order valence-corrected chi connectivity index (χ1v) is 7.75. The third-order valence-corrected chi connectivity index (χ3v) is 4.43. The van der Waals surface area contributed by atoms with Gasteiger partial charge in [-0.05, 0) is 17.9 Å². The minimum atomic E-state index is 0.0665. The van der Waals surface area contributed by atoms with Crippen molar-refractivity contribution >= 4 is 39.2 Å². The average Bonchev–Trinajstić information content (AvgIpc) is 2.85. The number of carbonyl (C=O) groups is 1. The minimum Gasteiger partial charge on any atom is -0.355 e. The number of hydrogen-bond donors (Lipinski definition) is 1. The highest BCUT2D eigenvalue weighted by Gasteiger charge is 2.08. The molecule has 0 saturated heterocycles. The van der Waals surface area contributed by atoms with Gasteiger partial charge in [-0.15, -0.1) is 11.3 Å². The van der Waals surface area contributed by atoms with Gasteiger partial charge in [0.25, 0.3) is 0 Å². The molecular formula is C12H15N3OS2. The Morgan fingerprint density at radius 3 is 3.22 bits per heavy atom. The molecule has 0 spiro atoms. The maximum atomic E-state index is 11.6. The molecule has 0 aromatic carbocycles. The molecule has 1 amide bonds. The van der Waals surface area contributed by atoms with Crippen LogP contribution < -0.4 is 5.32 Å². The molecule has 18 heavy (non-hydrogen) atoms. The zero-order valence-electron chi connectivity index (χ0n) is 10.2. The van der Waals surface area contributed by atoms with Crippen molar-refractivity contribution in [1.82, 2.24) is 15.3 Å². The first-order valence-electron chi connectivity index (χ1n) is 5.89. The molecule has 0 fully saturated rings. The number of carbonyl (C=O) groups excluding carboxylic acids is 1. The number of nitrogens with zero attached hydrogens (tertiary/aromatic N) is 2. The lowest BCUT2D eigenvalue weighted by molar-refractivity contribution is -0.118. The van der Waals surface area contributed by atoms with Gasteiger partial charge in [-0.2, -0.15) is 0 Å². The second kappa shape index (κ2) is 6.70. The number of unbranched alkanes of at least 4 members (excludes halogenated alkanes) is 1. The molecule has 1 N–H and O–H groups in total. The van der Waals surface area contributed by atoms with Gasteiger partial charge in [0, 0.05) is 6.54 Å². The van der Waals surface area contributed by atoms with Crippen LogP contribution in [0.25, 0.3) is 10.2 Å². The number of aromatic nitrogens is 2. The van der Waals surface area contributed by atoms with Gasteiger partial charge < -0.3 is 5.32 Å². The molecule has 4 nitrogen and oxygen atoms in total. The van der Waals surface area contributed by atoms with Crippen LogP contribution in [0, 0.1) is 0 Å². The van der Waals surface area contributed by atoms with Crippen molar-refractivity contribution in [3.8, 4) is 0 Å². The monoisotopic (exact) mass is 281 g/mol. The van der Waals surface area contributed by atoms with Gasteiger partial charge in [0.15, 0.2) is 0 Å². The fourth-order valence-electron chi connectivity index (χ4n) is 1.46. The topological polar surface area (TPSA) is 54.9 Å². The van der Waals surface area contributed by atoms with Gasteiger partial charge in [-0.3, -0.25) is 4.79 Å². The summed E-state index contributed by atoms with van der Waals surface area (Å²) in [7, 11) is 0. The van der Waals surface area contributed by atoms with Gasteiger partial charge in [-0.1, -0.05) is 25.1 Å². The van der Waals surface area contributed by atoms with Crippen LogP contribution in [0.4, 0.5) is 0 Å². The predicted octanol–water partition coefficient (Wildman–Crippen LogP) is 2.70. The maximum absolute atomic E-state index is 11.6. The van der Waals surface area contributed by atoms with Gasteiger partial charge in [0.1, 0.15) is 11.4 Å². The van der Waals surface area contributed by atoms with Gasteiger partial charge in [0.2, 0.25) is 5.91 Å². The number of thioether (sulfide) groups is 1. The number of thiophene rings is 1. The van der Waals surface area contributed by atoms with E-state index in [-0.39, 0.29) is 5.91 Å².